The molecule has 0 radical (unpaired) electrons. The molecule has 1 aliphatic rings. The zero-order valence-corrected chi connectivity index (χ0v) is 16.3. The van der Waals surface area contributed by atoms with E-state index in [1.807, 2.05) is 0 Å². The maximum Gasteiger partial charge on any atom is 0.529 e. The fraction of sp³-hybridized carbons (Fsp3) is 0.353. The summed E-state index contributed by atoms with van der Waals surface area (Å²) in [5, 5.41) is 29.4. The average Bonchev–Trinajstić information content (AvgIpc) is 3.29. The van der Waals surface area contributed by atoms with Crippen molar-refractivity contribution in [2.24, 2.45) is 0 Å². The highest BCUT2D eigenvalue weighted by Crippen LogP contribution is 2.45. The van der Waals surface area contributed by atoms with Gasteiger partial charge < -0.3 is 24.6 Å². The van der Waals surface area contributed by atoms with E-state index in [0.29, 0.717) is 5.56 Å². The summed E-state index contributed by atoms with van der Waals surface area (Å²) in [7, 11) is -4.53. The van der Waals surface area contributed by atoms with Gasteiger partial charge in [-0.25, -0.2) is 14.5 Å². The topological polar surface area (TPSA) is 169 Å². The Balaban J connectivity index is 1.55. The summed E-state index contributed by atoms with van der Waals surface area (Å²) in [6, 6.07) is 8.79. The molecular weight excluding hydrogens is 419 g/mol. The number of phosphoric ester groups is 1. The van der Waals surface area contributed by atoms with Gasteiger partial charge in [-0.2, -0.15) is 4.98 Å². The van der Waals surface area contributed by atoms with Crippen molar-refractivity contribution < 1.29 is 38.6 Å². The molecule has 1 aliphatic heterocycles. The summed E-state index contributed by atoms with van der Waals surface area (Å²) in [5.41, 5.74) is 0.822. The number of benzene rings is 1. The van der Waals surface area contributed by atoms with Crippen molar-refractivity contribution in [2.75, 3.05) is 6.61 Å². The Morgan fingerprint density at radius 2 is 1.90 bits per heavy atom. The van der Waals surface area contributed by atoms with Crippen LogP contribution in [0.15, 0.2) is 43.0 Å². The highest BCUT2D eigenvalue weighted by molar-refractivity contribution is 7.47. The van der Waals surface area contributed by atoms with E-state index in [0.717, 1.165) is 6.33 Å². The Hall–Kier alpha value is -2.44. The number of imidazole rings is 1. The lowest BCUT2D eigenvalue weighted by molar-refractivity contribution is -0.0511. The molecule has 0 spiro atoms. The van der Waals surface area contributed by atoms with Gasteiger partial charge in [-0.05, 0) is 5.56 Å². The van der Waals surface area contributed by atoms with Crippen molar-refractivity contribution in [3.05, 3.63) is 48.5 Å². The summed E-state index contributed by atoms with van der Waals surface area (Å²) in [6.07, 6.45) is -2.39. The van der Waals surface area contributed by atoms with Crippen LogP contribution in [-0.2, 0) is 20.4 Å². The van der Waals surface area contributed by atoms with E-state index >= 15 is 0 Å². The Morgan fingerprint density at radius 1 is 1.13 bits per heavy atom. The summed E-state index contributed by atoms with van der Waals surface area (Å²) in [5.74, 6) is -0.301. The van der Waals surface area contributed by atoms with Crippen LogP contribution in [0.25, 0.3) is 11.2 Å². The van der Waals surface area contributed by atoms with E-state index in [1.54, 1.807) is 30.3 Å². The Morgan fingerprint density at radius 3 is 2.60 bits per heavy atom. The number of hydrogen-bond donors (Lipinski definition) is 4. The number of aliphatic hydroxyl groups excluding tert-OH is 3. The van der Waals surface area contributed by atoms with Gasteiger partial charge >= 0.3 is 7.82 Å². The number of rotatable bonds is 7. The summed E-state index contributed by atoms with van der Waals surface area (Å²) >= 11 is 0. The zero-order chi connectivity index (χ0) is 21.3. The lowest BCUT2D eigenvalue weighted by Crippen LogP contribution is -2.33. The van der Waals surface area contributed by atoms with Crippen LogP contribution in [0.5, 0.6) is 5.88 Å². The predicted octanol–water partition coefficient (Wildman–Crippen LogP) is 0.134. The first-order chi connectivity index (χ1) is 14.4. The molecule has 4 rings (SSSR count). The highest BCUT2D eigenvalue weighted by Gasteiger charge is 2.44. The molecule has 1 unspecified atom stereocenters. The lowest BCUT2D eigenvalue weighted by Gasteiger charge is -2.16. The highest BCUT2D eigenvalue weighted by atomic mass is 31.2. The molecule has 0 aliphatic carbocycles. The minimum atomic E-state index is -4.53. The SMILES string of the molecule is O=P(O)(OCc1ccccc1)Oc1ncnc2c1ncn2[C@@H]1O[C@H](CO)[C@@H](O)[C@H]1O. The first-order valence-electron chi connectivity index (χ1n) is 8.90. The molecule has 1 saturated heterocycles. The molecule has 0 bridgehead atoms. The van der Waals surface area contributed by atoms with Gasteiger partial charge in [0.1, 0.15) is 24.6 Å². The average molecular weight is 438 g/mol. The number of nitrogens with zero attached hydrogens (tertiary/aromatic N) is 4. The van der Waals surface area contributed by atoms with Crippen molar-refractivity contribution in [3.63, 3.8) is 0 Å². The number of fused-ring (bicyclic) bond motifs is 1. The van der Waals surface area contributed by atoms with E-state index in [1.165, 1.54) is 10.9 Å². The Labute approximate surface area is 169 Å². The molecule has 2 aromatic heterocycles. The molecule has 0 amide bonds. The summed E-state index contributed by atoms with van der Waals surface area (Å²) in [6.45, 7) is -0.642. The van der Waals surface area contributed by atoms with Crippen LogP contribution < -0.4 is 4.52 Å². The van der Waals surface area contributed by atoms with E-state index in [-0.39, 0.29) is 23.7 Å². The lowest BCUT2D eigenvalue weighted by atomic mass is 10.1. The molecule has 5 atom stereocenters. The van der Waals surface area contributed by atoms with Crippen molar-refractivity contribution >= 4 is 19.0 Å². The van der Waals surface area contributed by atoms with E-state index < -0.39 is 39.0 Å². The molecular formula is C17H19N4O8P. The van der Waals surface area contributed by atoms with Crippen LogP contribution in [0.3, 0.4) is 0 Å². The van der Waals surface area contributed by atoms with E-state index in [9.17, 15) is 24.8 Å². The van der Waals surface area contributed by atoms with Crippen molar-refractivity contribution in [2.45, 2.75) is 31.1 Å². The molecule has 1 aromatic carbocycles. The molecule has 13 heteroatoms. The second kappa shape index (κ2) is 8.36. The second-order valence-electron chi connectivity index (χ2n) is 6.55. The predicted molar refractivity (Wildman–Crippen MR) is 100 cm³/mol. The smallest absolute Gasteiger partial charge is 0.394 e. The normalized spacial score (nSPS) is 26.0. The monoisotopic (exact) mass is 438 g/mol. The number of ether oxygens (including phenoxy) is 1. The molecule has 0 saturated carbocycles. The van der Waals surface area contributed by atoms with Gasteiger partial charge in [-0.15, -0.1) is 0 Å². The quantitative estimate of drug-likeness (QED) is 0.370. The number of hydrogen-bond acceptors (Lipinski definition) is 10. The van der Waals surface area contributed by atoms with Gasteiger partial charge in [-0.1, -0.05) is 30.3 Å². The number of aromatic nitrogens is 4. The molecule has 3 aromatic rings. The molecule has 12 nitrogen and oxygen atoms in total. The van der Waals surface area contributed by atoms with Crippen molar-refractivity contribution in [1.29, 1.82) is 0 Å². The van der Waals surface area contributed by atoms with Crippen LogP contribution in [0.2, 0.25) is 0 Å². The van der Waals surface area contributed by atoms with Crippen LogP contribution in [0.4, 0.5) is 0 Å². The van der Waals surface area contributed by atoms with E-state index in [4.69, 9.17) is 13.8 Å². The van der Waals surface area contributed by atoms with Gasteiger partial charge in [0, 0.05) is 0 Å². The molecule has 160 valence electrons. The number of aliphatic hydroxyl groups is 3. The minimum absolute atomic E-state index is 0.0211. The fourth-order valence-corrected chi connectivity index (χ4v) is 3.78. The summed E-state index contributed by atoms with van der Waals surface area (Å²) in [4.78, 5) is 22.0. The van der Waals surface area contributed by atoms with Gasteiger partial charge in [0.25, 0.3) is 5.88 Å². The molecule has 1 fully saturated rings. The third kappa shape index (κ3) is 4.07. The Bertz CT molecular complexity index is 1060. The molecule has 3 heterocycles. The van der Waals surface area contributed by atoms with Crippen LogP contribution in [0, 0.1) is 0 Å². The van der Waals surface area contributed by atoms with Crippen molar-refractivity contribution in [1.82, 2.24) is 19.5 Å². The second-order valence-corrected chi connectivity index (χ2v) is 7.93. The molecule has 30 heavy (non-hydrogen) atoms. The molecule has 4 N–H and O–H groups in total. The van der Waals surface area contributed by atoms with Crippen LogP contribution in [-0.4, -0.2) is 64.7 Å². The fourth-order valence-electron chi connectivity index (χ4n) is 3.06. The maximum absolute atomic E-state index is 12.3. The first-order valence-corrected chi connectivity index (χ1v) is 10.4. The van der Waals surface area contributed by atoms with Crippen molar-refractivity contribution in [3.8, 4) is 5.88 Å². The van der Waals surface area contributed by atoms with Crippen LogP contribution in [0.1, 0.15) is 11.8 Å². The third-order valence-electron chi connectivity index (χ3n) is 4.56. The number of phosphoric acid groups is 1. The van der Waals surface area contributed by atoms with Gasteiger partial charge in [-0.3, -0.25) is 14.0 Å². The maximum atomic E-state index is 12.3. The van der Waals surface area contributed by atoms with Crippen LogP contribution >= 0.6 is 7.82 Å². The van der Waals surface area contributed by atoms with Gasteiger partial charge in [0.05, 0.1) is 19.5 Å². The minimum Gasteiger partial charge on any atom is -0.394 e. The van der Waals surface area contributed by atoms with Gasteiger partial charge in [0.15, 0.2) is 17.4 Å². The summed E-state index contributed by atoms with van der Waals surface area (Å²) < 4.78 is 29.2. The third-order valence-corrected chi connectivity index (χ3v) is 5.41. The zero-order valence-electron chi connectivity index (χ0n) is 15.4. The Kier molecular flexibility index (Phi) is 5.80. The first kappa shape index (κ1) is 20.8. The van der Waals surface area contributed by atoms with Gasteiger partial charge in [0.2, 0.25) is 0 Å². The van der Waals surface area contributed by atoms with E-state index in [2.05, 4.69) is 15.0 Å². The largest absolute Gasteiger partial charge is 0.529 e. The standard InChI is InChI=1S/C17H19N4O8P/c22-6-11-13(23)14(24)17(28-11)21-9-20-12-15(21)18-8-19-16(12)29-30(25,26)27-7-10-4-2-1-3-5-10/h1-5,8-9,11,13-14,17,22-24H,6-7H2,(H,25,26)/t11-,13-,14-,17-/m1/s1.